The molecule has 0 bridgehead atoms. The third kappa shape index (κ3) is 9.84. The summed E-state index contributed by atoms with van der Waals surface area (Å²) in [6.07, 6.45) is 1.92. The average molecular weight is 1280 g/mol. The Morgan fingerprint density at radius 1 is 0.435 bits per heavy atom. The first kappa shape index (κ1) is 55.0. The zero-order valence-corrected chi connectivity index (χ0v) is 51.7. The van der Waals surface area contributed by atoms with E-state index in [9.17, 15) is 0 Å². The van der Waals surface area contributed by atoms with Gasteiger partial charge in [0.1, 0.15) is 11.5 Å². The number of hydrogen-bond donors (Lipinski definition) is 0. The van der Waals surface area contributed by atoms with Gasteiger partial charge in [-0.05, 0) is 114 Å². The molecule has 1 aliphatic heterocycles. The van der Waals surface area contributed by atoms with Gasteiger partial charge in [-0.3, -0.25) is 0 Å². The van der Waals surface area contributed by atoms with E-state index in [2.05, 4.69) is 305 Å². The molecule has 0 fully saturated rings. The standard InChI is InChI=1S/C78H65N5O.Pt/c1-76(2,3)53-41-42-79-73(46-53)83-70-40-37-57(82-68-34-18-16-29-63(68)64-30-17-19-35-69(64)82)48-67(70)65-39-38-60(49-72(65)83)84-59-28-20-27-56(47-59)80-50-81(58-44-54(77(4,5)6)43-55(45-58)78(7,8)9)75-66(33-22-36-71(75)80)74-61(51-23-12-10-13-24-51)31-21-32-62(74)52-25-14-11-15-26-52;/h10-46,48H,1-9H3;/q;+2. The predicted octanol–water partition coefficient (Wildman–Crippen LogP) is 20.4. The molecule has 13 aromatic rings. The SMILES string of the molecule is CC(C)(C)c1cc([N+]2=C=[N+](c3[c-]c(Oc4[c-]c5c(cc4)c4cc(-n6c7ccccc7c7ccccc76)ccc4n5-c4cc(C(C)(C)C)ccn4)ccc3)c3cccc(-c4c(-c5ccccc5)cccc4-c4ccccc4)c32)cc(C(C)(C)C)c1.[Pt+2]. The molecule has 4 heterocycles. The Morgan fingerprint density at radius 2 is 1.00 bits per heavy atom. The predicted molar refractivity (Wildman–Crippen MR) is 350 cm³/mol. The Hall–Kier alpha value is -9.18. The molecule has 0 saturated carbocycles. The minimum Gasteiger partial charge on any atom is -0.509 e. The van der Waals surface area contributed by atoms with Gasteiger partial charge < -0.3 is 13.9 Å². The summed E-state index contributed by atoms with van der Waals surface area (Å²) in [6.45, 7) is 20.5. The van der Waals surface area contributed by atoms with Crippen molar-refractivity contribution in [3.8, 4) is 56.4 Å². The summed E-state index contributed by atoms with van der Waals surface area (Å²) in [5.74, 6) is 1.94. The summed E-state index contributed by atoms with van der Waals surface area (Å²) < 4.78 is 16.0. The second-order valence-corrected chi connectivity index (χ2v) is 25.3. The molecule has 0 saturated heterocycles. The van der Waals surface area contributed by atoms with Gasteiger partial charge >= 0.3 is 32.8 Å². The van der Waals surface area contributed by atoms with Crippen molar-refractivity contribution in [3.05, 3.63) is 259 Å². The van der Waals surface area contributed by atoms with E-state index >= 15 is 0 Å². The van der Waals surface area contributed by atoms with Gasteiger partial charge in [0, 0.05) is 63.4 Å². The molecule has 0 atom stereocenters. The Morgan fingerprint density at radius 3 is 1.64 bits per heavy atom. The Balaban J connectivity index is 0.00000672. The first-order chi connectivity index (χ1) is 40.5. The molecule has 10 aromatic carbocycles. The third-order valence-electron chi connectivity index (χ3n) is 16.6. The van der Waals surface area contributed by atoms with Gasteiger partial charge in [0.2, 0.25) is 5.69 Å². The van der Waals surface area contributed by atoms with E-state index in [0.717, 1.165) is 100 Å². The van der Waals surface area contributed by atoms with Crippen molar-refractivity contribution < 1.29 is 25.8 Å². The molecule has 6 nitrogen and oxygen atoms in total. The molecule has 416 valence electrons. The van der Waals surface area contributed by atoms with Crippen LogP contribution >= 0.6 is 0 Å². The van der Waals surface area contributed by atoms with Crippen LogP contribution in [0.5, 0.6) is 11.5 Å². The smallest absolute Gasteiger partial charge is 0.509 e. The second-order valence-electron chi connectivity index (χ2n) is 25.3. The van der Waals surface area contributed by atoms with Crippen molar-refractivity contribution in [1.29, 1.82) is 0 Å². The van der Waals surface area contributed by atoms with Crippen LogP contribution in [0.3, 0.4) is 0 Å². The molecule has 0 amide bonds. The second kappa shape index (κ2) is 21.2. The number of nitrogens with zero attached hydrogens (tertiary/aromatic N) is 5. The van der Waals surface area contributed by atoms with Gasteiger partial charge in [-0.25, -0.2) is 4.98 Å². The van der Waals surface area contributed by atoms with E-state index in [1.165, 1.54) is 27.5 Å². The molecule has 0 spiro atoms. The minimum atomic E-state index is -0.116. The monoisotopic (exact) mass is 1280 g/mol. The van der Waals surface area contributed by atoms with Crippen LogP contribution in [0.25, 0.3) is 88.5 Å². The molecule has 85 heavy (non-hydrogen) atoms. The van der Waals surface area contributed by atoms with Crippen LogP contribution in [0, 0.1) is 12.1 Å². The van der Waals surface area contributed by atoms with E-state index in [-0.39, 0.29) is 37.3 Å². The van der Waals surface area contributed by atoms with Crippen LogP contribution < -0.4 is 13.9 Å². The summed E-state index contributed by atoms with van der Waals surface area (Å²) in [4.78, 5) is 5.04. The molecule has 0 radical (unpaired) electrons. The molecule has 0 unspecified atom stereocenters. The summed E-state index contributed by atoms with van der Waals surface area (Å²) in [5.41, 5.74) is 19.4. The van der Waals surface area contributed by atoms with Crippen LogP contribution in [-0.2, 0) is 37.3 Å². The van der Waals surface area contributed by atoms with Crippen LogP contribution in [-0.4, -0.2) is 20.1 Å². The average Bonchev–Trinajstić information content (AvgIpc) is 2.12. The van der Waals surface area contributed by atoms with Crippen molar-refractivity contribution in [2.24, 2.45) is 0 Å². The number of benzene rings is 10. The normalized spacial score (nSPS) is 12.6. The molecule has 0 aliphatic carbocycles. The maximum Gasteiger partial charge on any atom is 2.00 e. The summed E-state index contributed by atoms with van der Waals surface area (Å²) in [5, 5.41) is 4.59. The Labute approximate surface area is 512 Å². The molecule has 14 rings (SSSR count). The molecule has 1 aliphatic rings. The van der Waals surface area contributed by atoms with Crippen molar-refractivity contribution in [3.63, 3.8) is 0 Å². The summed E-state index contributed by atoms with van der Waals surface area (Å²) in [6, 6.07) is 92.1. The van der Waals surface area contributed by atoms with E-state index in [1.807, 2.05) is 24.4 Å². The fourth-order valence-corrected chi connectivity index (χ4v) is 12.2. The van der Waals surface area contributed by atoms with Crippen molar-refractivity contribution in [2.45, 2.75) is 78.6 Å². The fraction of sp³-hybridized carbons (Fsp3) is 0.154. The van der Waals surface area contributed by atoms with E-state index in [4.69, 9.17) is 9.72 Å². The molecule has 7 heteroatoms. The third-order valence-corrected chi connectivity index (χ3v) is 16.6. The Kier molecular flexibility index (Phi) is 13.7. The summed E-state index contributed by atoms with van der Waals surface area (Å²) in [7, 11) is 0. The van der Waals surface area contributed by atoms with Crippen LogP contribution in [0.2, 0.25) is 0 Å². The molecule has 0 N–H and O–H groups in total. The van der Waals surface area contributed by atoms with E-state index in [1.54, 1.807) is 0 Å². The first-order valence-electron chi connectivity index (χ1n) is 29.1. The molecular weight excluding hydrogens is 1220 g/mol. The fourth-order valence-electron chi connectivity index (χ4n) is 12.2. The quantitative estimate of drug-likeness (QED) is 0.107. The number of pyridine rings is 1. The number of para-hydroxylation sites is 3. The number of fused-ring (bicyclic) bond motifs is 7. The zero-order chi connectivity index (χ0) is 57.6. The molecule has 3 aromatic heterocycles. The number of ether oxygens (including phenoxy) is 1. The Bertz CT molecular complexity index is 4700. The van der Waals surface area contributed by atoms with Crippen LogP contribution in [0.1, 0.15) is 79.0 Å². The molecular formula is C78H65N5OPt+2. The topological polar surface area (TPSA) is 38.0 Å². The minimum absolute atomic E-state index is 0. The van der Waals surface area contributed by atoms with Crippen LogP contribution in [0.15, 0.2) is 231 Å². The maximum atomic E-state index is 6.94. The number of hydrogen-bond acceptors (Lipinski definition) is 2. The van der Waals surface area contributed by atoms with Gasteiger partial charge in [-0.2, -0.15) is 12.1 Å². The van der Waals surface area contributed by atoms with E-state index in [0.29, 0.717) is 11.5 Å². The van der Waals surface area contributed by atoms with Gasteiger partial charge in [0.25, 0.3) is 5.69 Å². The van der Waals surface area contributed by atoms with Gasteiger partial charge in [-0.1, -0.05) is 212 Å². The largest absolute Gasteiger partial charge is 2.00 e. The van der Waals surface area contributed by atoms with Crippen molar-refractivity contribution in [2.75, 3.05) is 0 Å². The summed E-state index contributed by atoms with van der Waals surface area (Å²) >= 11 is 0. The first-order valence-corrected chi connectivity index (χ1v) is 29.1. The van der Waals surface area contributed by atoms with Crippen molar-refractivity contribution >= 4 is 72.4 Å². The number of rotatable bonds is 9. The number of aromatic nitrogens is 3. The van der Waals surface area contributed by atoms with Crippen LogP contribution in [0.4, 0.5) is 22.7 Å². The maximum absolute atomic E-state index is 6.94. The van der Waals surface area contributed by atoms with E-state index < -0.39 is 0 Å². The zero-order valence-electron chi connectivity index (χ0n) is 49.4. The van der Waals surface area contributed by atoms with Gasteiger partial charge in [0.05, 0.1) is 16.6 Å². The van der Waals surface area contributed by atoms with Crippen molar-refractivity contribution in [1.82, 2.24) is 23.3 Å². The van der Waals surface area contributed by atoms with Gasteiger partial charge in [0.15, 0.2) is 0 Å². The van der Waals surface area contributed by atoms with Gasteiger partial charge in [-0.15, -0.1) is 23.6 Å².